The molecule has 0 spiro atoms. The maximum Gasteiger partial charge on any atom is 0.346 e. The molecule has 6 nitrogen and oxygen atoms in total. The molecule has 0 saturated carbocycles. The molecule has 1 aromatic heterocycles. The number of carboxylic acid groups (broad SMARTS) is 1. The molecule has 160 valence electrons. The van der Waals surface area contributed by atoms with Crippen LogP contribution in [-0.2, 0) is 4.79 Å². The maximum atomic E-state index is 12.6. The van der Waals surface area contributed by atoms with Crippen molar-refractivity contribution in [1.82, 2.24) is 0 Å². The summed E-state index contributed by atoms with van der Waals surface area (Å²) in [6.45, 7) is 3.87. The average molecular weight is 438 g/mol. The van der Waals surface area contributed by atoms with Crippen molar-refractivity contribution >= 4 is 28.9 Å². The number of hydrogen-bond donors (Lipinski definition) is 2. The van der Waals surface area contributed by atoms with Crippen LogP contribution >= 0.6 is 11.3 Å². The fourth-order valence-corrected chi connectivity index (χ4v) is 5.09. The van der Waals surface area contributed by atoms with Gasteiger partial charge in [0.05, 0.1) is 18.9 Å². The van der Waals surface area contributed by atoms with Crippen molar-refractivity contribution in [3.63, 3.8) is 0 Å². The van der Waals surface area contributed by atoms with Gasteiger partial charge in [-0.15, -0.1) is 11.3 Å². The first kappa shape index (κ1) is 20.9. The zero-order valence-corrected chi connectivity index (χ0v) is 18.3. The Morgan fingerprint density at radius 2 is 1.90 bits per heavy atom. The Kier molecular flexibility index (Phi) is 5.69. The van der Waals surface area contributed by atoms with Crippen LogP contribution in [0, 0.1) is 0 Å². The lowest BCUT2D eigenvalue weighted by molar-refractivity contribution is -0.116. The monoisotopic (exact) mass is 437 g/mol. The molecule has 2 N–H and O–H groups in total. The van der Waals surface area contributed by atoms with E-state index in [1.54, 1.807) is 7.11 Å². The van der Waals surface area contributed by atoms with Crippen molar-refractivity contribution in [3.05, 3.63) is 63.8 Å². The summed E-state index contributed by atoms with van der Waals surface area (Å²) < 4.78 is 11.3. The zero-order chi connectivity index (χ0) is 22.1. The maximum absolute atomic E-state index is 12.6. The van der Waals surface area contributed by atoms with Crippen LogP contribution in [0.15, 0.2) is 48.5 Å². The van der Waals surface area contributed by atoms with E-state index in [-0.39, 0.29) is 29.2 Å². The van der Waals surface area contributed by atoms with Crippen molar-refractivity contribution in [1.29, 1.82) is 0 Å². The molecule has 0 radical (unpaired) electrons. The van der Waals surface area contributed by atoms with Crippen molar-refractivity contribution in [2.75, 3.05) is 12.4 Å². The SMILES string of the molecule is COc1ccc([C@@H]2CC(=O)Nc3c2sc(C(=O)O)c3-c2ccccc2)cc1OC(C)C. The molecule has 4 rings (SSSR count). The van der Waals surface area contributed by atoms with E-state index < -0.39 is 5.97 Å². The summed E-state index contributed by atoms with van der Waals surface area (Å²) >= 11 is 1.21. The number of benzene rings is 2. The Bertz CT molecular complexity index is 1140. The first-order chi connectivity index (χ1) is 14.9. The Balaban J connectivity index is 1.87. The highest BCUT2D eigenvalue weighted by atomic mass is 32.1. The minimum atomic E-state index is -1.01. The summed E-state index contributed by atoms with van der Waals surface area (Å²) in [5.41, 5.74) is 2.78. The quantitative estimate of drug-likeness (QED) is 0.541. The van der Waals surface area contributed by atoms with E-state index in [0.29, 0.717) is 22.7 Å². The first-order valence-electron chi connectivity index (χ1n) is 9.98. The number of carbonyl (C=O) groups is 2. The van der Waals surface area contributed by atoms with Crippen molar-refractivity contribution < 1.29 is 24.2 Å². The average Bonchev–Trinajstić information content (AvgIpc) is 3.13. The van der Waals surface area contributed by atoms with Gasteiger partial charge in [-0.2, -0.15) is 0 Å². The number of anilines is 1. The fourth-order valence-electron chi connectivity index (χ4n) is 3.84. The van der Waals surface area contributed by atoms with E-state index >= 15 is 0 Å². The third-order valence-corrected chi connectivity index (χ3v) is 6.41. The highest BCUT2D eigenvalue weighted by Crippen LogP contribution is 2.50. The van der Waals surface area contributed by atoms with Crippen LogP contribution in [0.3, 0.4) is 0 Å². The molecule has 31 heavy (non-hydrogen) atoms. The van der Waals surface area contributed by atoms with Gasteiger partial charge in [0.2, 0.25) is 5.91 Å². The molecule has 1 atom stereocenters. The largest absolute Gasteiger partial charge is 0.493 e. The first-order valence-corrected chi connectivity index (χ1v) is 10.8. The lowest BCUT2D eigenvalue weighted by atomic mass is 9.88. The van der Waals surface area contributed by atoms with Crippen LogP contribution in [0.2, 0.25) is 0 Å². The van der Waals surface area contributed by atoms with Crippen LogP contribution in [-0.4, -0.2) is 30.2 Å². The molecule has 2 aromatic carbocycles. The molecule has 3 aromatic rings. The topological polar surface area (TPSA) is 84.9 Å². The van der Waals surface area contributed by atoms with Gasteiger partial charge < -0.3 is 19.9 Å². The summed E-state index contributed by atoms with van der Waals surface area (Å²) in [6.07, 6.45) is 0.188. The number of ether oxygens (including phenoxy) is 2. The number of aromatic carboxylic acids is 1. The smallest absolute Gasteiger partial charge is 0.346 e. The number of rotatable bonds is 6. The predicted molar refractivity (Wildman–Crippen MR) is 121 cm³/mol. The highest BCUT2D eigenvalue weighted by molar-refractivity contribution is 7.15. The summed E-state index contributed by atoms with van der Waals surface area (Å²) in [7, 11) is 1.58. The molecular weight excluding hydrogens is 414 g/mol. The summed E-state index contributed by atoms with van der Waals surface area (Å²) in [5, 5.41) is 12.8. The molecule has 0 saturated heterocycles. The van der Waals surface area contributed by atoms with E-state index in [4.69, 9.17) is 9.47 Å². The number of thiophene rings is 1. The van der Waals surface area contributed by atoms with Gasteiger partial charge in [0, 0.05) is 22.8 Å². The predicted octanol–water partition coefficient (Wildman–Crippen LogP) is 5.38. The van der Waals surface area contributed by atoms with Crippen LogP contribution in [0.1, 0.15) is 46.3 Å². The number of methoxy groups -OCH3 is 1. The number of carboxylic acids is 1. The Hall–Kier alpha value is -3.32. The standard InChI is InChI=1S/C24H23NO5S/c1-13(2)30-18-11-15(9-10-17(18)29-3)16-12-19(26)25-21-20(14-7-5-4-6-8-14)23(24(27)28)31-22(16)21/h4-11,13,16H,12H2,1-3H3,(H,25,26)(H,27,28)/t16-/m0/s1. The second-order valence-electron chi connectivity index (χ2n) is 7.60. The van der Waals surface area contributed by atoms with Gasteiger partial charge in [0.1, 0.15) is 4.88 Å². The van der Waals surface area contributed by atoms with Crippen LogP contribution < -0.4 is 14.8 Å². The lowest BCUT2D eigenvalue weighted by Gasteiger charge is -2.25. The lowest BCUT2D eigenvalue weighted by Crippen LogP contribution is -2.22. The van der Waals surface area contributed by atoms with E-state index in [1.165, 1.54) is 11.3 Å². The molecule has 0 bridgehead atoms. The summed E-state index contributed by atoms with van der Waals surface area (Å²) in [6, 6.07) is 14.9. The number of nitrogens with one attached hydrogen (secondary N) is 1. The highest BCUT2D eigenvalue weighted by Gasteiger charge is 2.34. The van der Waals surface area contributed by atoms with Crippen molar-refractivity contribution in [2.24, 2.45) is 0 Å². The number of carbonyl (C=O) groups excluding carboxylic acids is 1. The molecule has 0 aliphatic carbocycles. The normalized spacial score (nSPS) is 15.4. The number of hydrogen-bond acceptors (Lipinski definition) is 5. The molecule has 1 aliphatic heterocycles. The van der Waals surface area contributed by atoms with E-state index in [1.807, 2.05) is 62.4 Å². The van der Waals surface area contributed by atoms with E-state index in [9.17, 15) is 14.7 Å². The van der Waals surface area contributed by atoms with E-state index in [2.05, 4.69) is 5.32 Å². The zero-order valence-electron chi connectivity index (χ0n) is 17.5. The van der Waals surface area contributed by atoms with Gasteiger partial charge in [0.25, 0.3) is 0 Å². The van der Waals surface area contributed by atoms with Gasteiger partial charge in [-0.3, -0.25) is 4.79 Å². The Labute approximate surface area is 184 Å². The Morgan fingerprint density at radius 3 is 2.55 bits per heavy atom. The molecule has 0 unspecified atom stereocenters. The number of fused-ring (bicyclic) bond motifs is 1. The molecule has 7 heteroatoms. The van der Waals surface area contributed by atoms with Gasteiger partial charge in [0.15, 0.2) is 11.5 Å². The molecule has 2 heterocycles. The van der Waals surface area contributed by atoms with Crippen molar-refractivity contribution in [2.45, 2.75) is 32.3 Å². The summed E-state index contributed by atoms with van der Waals surface area (Å²) in [5.74, 6) is -0.220. The van der Waals surface area contributed by atoms with Crippen LogP contribution in [0.25, 0.3) is 11.1 Å². The van der Waals surface area contributed by atoms with Crippen molar-refractivity contribution in [3.8, 4) is 22.6 Å². The summed E-state index contributed by atoms with van der Waals surface area (Å²) in [4.78, 5) is 25.8. The third kappa shape index (κ3) is 4.01. The van der Waals surface area contributed by atoms with Crippen LogP contribution in [0.5, 0.6) is 11.5 Å². The molecular formula is C24H23NO5S. The fraction of sp³-hybridized carbons (Fsp3) is 0.250. The number of amides is 1. The Morgan fingerprint density at radius 1 is 1.16 bits per heavy atom. The molecule has 1 amide bonds. The van der Waals surface area contributed by atoms with Gasteiger partial charge >= 0.3 is 5.97 Å². The minimum absolute atomic E-state index is 0.0422. The van der Waals surface area contributed by atoms with Gasteiger partial charge in [-0.05, 0) is 37.1 Å². The molecule has 0 fully saturated rings. The van der Waals surface area contributed by atoms with Gasteiger partial charge in [-0.25, -0.2) is 4.79 Å². The van der Waals surface area contributed by atoms with Gasteiger partial charge in [-0.1, -0.05) is 36.4 Å². The second kappa shape index (κ2) is 8.43. The molecule has 1 aliphatic rings. The minimum Gasteiger partial charge on any atom is -0.493 e. The second-order valence-corrected chi connectivity index (χ2v) is 8.65. The van der Waals surface area contributed by atoms with Crippen LogP contribution in [0.4, 0.5) is 5.69 Å². The third-order valence-electron chi connectivity index (χ3n) is 5.12. The van der Waals surface area contributed by atoms with E-state index in [0.717, 1.165) is 16.0 Å².